The fourth-order valence-corrected chi connectivity index (χ4v) is 1.07. The van der Waals surface area contributed by atoms with Gasteiger partial charge in [-0.15, -0.1) is 0 Å². The smallest absolute Gasteiger partial charge is 0.137 e. The number of ketones is 2. The summed E-state index contributed by atoms with van der Waals surface area (Å²) in [6.45, 7) is 3.66. The molecule has 0 aliphatic rings. The second-order valence-electron chi connectivity index (χ2n) is 3.56. The van der Waals surface area contributed by atoms with E-state index in [4.69, 9.17) is 0 Å². The Hall–Kier alpha value is -0.920. The monoisotopic (exact) mass is 196 g/mol. The quantitative estimate of drug-likeness (QED) is 0.441. The van der Waals surface area contributed by atoms with Crippen LogP contribution < -0.4 is 0 Å². The molecule has 0 aromatic rings. The van der Waals surface area contributed by atoms with E-state index < -0.39 is 0 Å². The molecule has 2 heteroatoms. The number of hydrogen-bond donors (Lipinski definition) is 0. The standard InChI is InChI=1S/C12H20O2/c1-3-4-5-6-7-8-12(14)10-9-11(2)13/h6-7H,3-5,8-10H2,1-2H3. The zero-order valence-corrected chi connectivity index (χ0v) is 9.21. The lowest BCUT2D eigenvalue weighted by molar-refractivity contribution is -0.122. The first-order valence-corrected chi connectivity index (χ1v) is 5.33. The summed E-state index contributed by atoms with van der Waals surface area (Å²) in [5, 5.41) is 0. The fourth-order valence-electron chi connectivity index (χ4n) is 1.07. The van der Waals surface area contributed by atoms with Crippen molar-refractivity contribution in [2.24, 2.45) is 0 Å². The zero-order chi connectivity index (χ0) is 10.8. The molecule has 0 aliphatic carbocycles. The molecule has 0 heterocycles. The number of carbonyl (C=O) groups is 2. The number of unbranched alkanes of at least 4 members (excludes halogenated alkanes) is 2. The van der Waals surface area contributed by atoms with Crippen molar-refractivity contribution < 1.29 is 9.59 Å². The average Bonchev–Trinajstić information content (AvgIpc) is 2.14. The van der Waals surface area contributed by atoms with E-state index in [1.54, 1.807) is 0 Å². The van der Waals surface area contributed by atoms with Gasteiger partial charge in [-0.05, 0) is 13.3 Å². The third-order valence-corrected chi connectivity index (χ3v) is 1.99. The van der Waals surface area contributed by atoms with Gasteiger partial charge in [0.05, 0.1) is 0 Å². The molecule has 0 aliphatic heterocycles. The van der Waals surface area contributed by atoms with Crippen LogP contribution in [-0.2, 0) is 9.59 Å². The van der Waals surface area contributed by atoms with Gasteiger partial charge in [0.2, 0.25) is 0 Å². The van der Waals surface area contributed by atoms with Crippen LogP contribution in [0.3, 0.4) is 0 Å². The molecule has 0 rings (SSSR count). The minimum Gasteiger partial charge on any atom is -0.300 e. The lowest BCUT2D eigenvalue weighted by Crippen LogP contribution is -1.99. The van der Waals surface area contributed by atoms with E-state index in [0.717, 1.165) is 6.42 Å². The third kappa shape index (κ3) is 9.17. The summed E-state index contributed by atoms with van der Waals surface area (Å²) in [4.78, 5) is 21.8. The summed E-state index contributed by atoms with van der Waals surface area (Å²) in [7, 11) is 0. The van der Waals surface area contributed by atoms with Crippen molar-refractivity contribution in [2.75, 3.05) is 0 Å². The molecule has 0 fully saturated rings. The Kier molecular flexibility index (Phi) is 8.10. The molecule has 0 aromatic carbocycles. The summed E-state index contributed by atoms with van der Waals surface area (Å²) in [5.41, 5.74) is 0. The van der Waals surface area contributed by atoms with Gasteiger partial charge in [-0.25, -0.2) is 0 Å². The minimum atomic E-state index is 0.0910. The van der Waals surface area contributed by atoms with E-state index in [1.807, 2.05) is 6.08 Å². The van der Waals surface area contributed by atoms with E-state index in [-0.39, 0.29) is 11.6 Å². The highest BCUT2D eigenvalue weighted by molar-refractivity contribution is 5.85. The fraction of sp³-hybridized carbons (Fsp3) is 0.667. The number of rotatable bonds is 8. The maximum absolute atomic E-state index is 11.2. The van der Waals surface area contributed by atoms with Gasteiger partial charge in [0.15, 0.2) is 0 Å². The third-order valence-electron chi connectivity index (χ3n) is 1.99. The van der Waals surface area contributed by atoms with Crippen LogP contribution in [0, 0.1) is 0 Å². The van der Waals surface area contributed by atoms with Crippen LogP contribution in [0.5, 0.6) is 0 Å². The Bertz CT molecular complexity index is 204. The normalized spacial score (nSPS) is 10.7. The van der Waals surface area contributed by atoms with Gasteiger partial charge in [0.1, 0.15) is 11.6 Å². The Balaban J connectivity index is 3.43. The zero-order valence-electron chi connectivity index (χ0n) is 9.21. The first kappa shape index (κ1) is 13.1. The van der Waals surface area contributed by atoms with Crippen molar-refractivity contribution in [3.05, 3.63) is 12.2 Å². The highest BCUT2D eigenvalue weighted by atomic mass is 16.1. The molecule has 0 N–H and O–H groups in total. The molecule has 0 spiro atoms. The summed E-state index contributed by atoms with van der Waals surface area (Å²) >= 11 is 0. The van der Waals surface area contributed by atoms with Gasteiger partial charge in [-0.1, -0.05) is 31.9 Å². The topological polar surface area (TPSA) is 34.1 Å². The molecule has 80 valence electrons. The predicted molar refractivity (Wildman–Crippen MR) is 58.2 cm³/mol. The Morgan fingerprint density at radius 1 is 1.14 bits per heavy atom. The van der Waals surface area contributed by atoms with E-state index >= 15 is 0 Å². The molecule has 0 radical (unpaired) electrons. The number of hydrogen-bond acceptors (Lipinski definition) is 2. The first-order chi connectivity index (χ1) is 6.66. The Morgan fingerprint density at radius 3 is 2.43 bits per heavy atom. The van der Waals surface area contributed by atoms with Gasteiger partial charge in [-0.3, -0.25) is 4.79 Å². The van der Waals surface area contributed by atoms with Gasteiger partial charge < -0.3 is 4.79 Å². The van der Waals surface area contributed by atoms with E-state index in [1.165, 1.54) is 19.8 Å². The van der Waals surface area contributed by atoms with Crippen LogP contribution in [0.15, 0.2) is 12.2 Å². The van der Waals surface area contributed by atoms with Crippen LogP contribution >= 0.6 is 0 Å². The van der Waals surface area contributed by atoms with Gasteiger partial charge in [0, 0.05) is 19.3 Å². The van der Waals surface area contributed by atoms with Gasteiger partial charge in [0.25, 0.3) is 0 Å². The Labute approximate surface area is 86.4 Å². The van der Waals surface area contributed by atoms with E-state index in [9.17, 15) is 9.59 Å². The van der Waals surface area contributed by atoms with Crippen LogP contribution in [0.25, 0.3) is 0 Å². The first-order valence-electron chi connectivity index (χ1n) is 5.33. The Morgan fingerprint density at radius 2 is 1.86 bits per heavy atom. The molecule has 0 saturated heterocycles. The van der Waals surface area contributed by atoms with E-state index in [2.05, 4.69) is 13.0 Å². The molecular weight excluding hydrogens is 176 g/mol. The number of allylic oxidation sites excluding steroid dienone is 2. The van der Waals surface area contributed by atoms with Crippen LogP contribution in [-0.4, -0.2) is 11.6 Å². The maximum atomic E-state index is 11.2. The number of Topliss-reactive ketones (excluding diaryl/α,β-unsaturated/α-hetero) is 2. The van der Waals surface area contributed by atoms with Gasteiger partial charge >= 0.3 is 0 Å². The molecular formula is C12H20O2. The lowest BCUT2D eigenvalue weighted by atomic mass is 10.1. The molecule has 14 heavy (non-hydrogen) atoms. The molecule has 0 bridgehead atoms. The molecule has 0 unspecified atom stereocenters. The van der Waals surface area contributed by atoms with Gasteiger partial charge in [-0.2, -0.15) is 0 Å². The second kappa shape index (κ2) is 8.67. The summed E-state index contributed by atoms with van der Waals surface area (Å²) < 4.78 is 0. The SMILES string of the molecule is CCCCC=CCC(=O)CCC(C)=O. The molecule has 0 saturated carbocycles. The van der Waals surface area contributed by atoms with Crippen LogP contribution in [0.2, 0.25) is 0 Å². The highest BCUT2D eigenvalue weighted by Crippen LogP contribution is 2.00. The van der Waals surface area contributed by atoms with Crippen molar-refractivity contribution in [3.8, 4) is 0 Å². The van der Waals surface area contributed by atoms with Crippen LogP contribution in [0.4, 0.5) is 0 Å². The van der Waals surface area contributed by atoms with Crippen molar-refractivity contribution in [2.45, 2.75) is 52.4 Å². The van der Waals surface area contributed by atoms with Crippen molar-refractivity contribution >= 4 is 11.6 Å². The largest absolute Gasteiger partial charge is 0.300 e. The molecule has 0 atom stereocenters. The van der Waals surface area contributed by atoms with Crippen molar-refractivity contribution in [3.63, 3.8) is 0 Å². The van der Waals surface area contributed by atoms with E-state index in [0.29, 0.717) is 19.3 Å². The van der Waals surface area contributed by atoms with Crippen molar-refractivity contribution in [1.29, 1.82) is 0 Å². The van der Waals surface area contributed by atoms with Crippen LogP contribution in [0.1, 0.15) is 52.4 Å². The highest BCUT2D eigenvalue weighted by Gasteiger charge is 2.00. The summed E-state index contributed by atoms with van der Waals surface area (Å²) in [5.74, 6) is 0.251. The summed E-state index contributed by atoms with van der Waals surface area (Å²) in [6, 6.07) is 0. The van der Waals surface area contributed by atoms with Crippen molar-refractivity contribution in [1.82, 2.24) is 0 Å². The predicted octanol–water partition coefficient (Wildman–Crippen LogP) is 3.06. The minimum absolute atomic E-state index is 0.0910. The molecule has 0 aromatic heterocycles. The number of carbonyl (C=O) groups excluding carboxylic acids is 2. The molecule has 0 amide bonds. The second-order valence-corrected chi connectivity index (χ2v) is 3.56. The summed E-state index contributed by atoms with van der Waals surface area (Å²) in [6.07, 6.45) is 8.65. The maximum Gasteiger partial charge on any atom is 0.137 e. The lowest BCUT2D eigenvalue weighted by Gasteiger charge is -1.94. The average molecular weight is 196 g/mol. The molecule has 2 nitrogen and oxygen atoms in total.